The molecule has 148 valence electrons. The Morgan fingerprint density at radius 2 is 1.89 bits per heavy atom. The molecule has 0 aliphatic heterocycles. The Morgan fingerprint density at radius 3 is 2.41 bits per heavy atom. The van der Waals surface area contributed by atoms with Crippen molar-refractivity contribution in [1.29, 1.82) is 0 Å². The van der Waals surface area contributed by atoms with Gasteiger partial charge in [-0.2, -0.15) is 0 Å². The summed E-state index contributed by atoms with van der Waals surface area (Å²) in [4.78, 5) is 36.9. The number of nitrogens with one attached hydrogen (secondary N) is 1. The number of hydrogen-bond donors (Lipinski definition) is 3. The van der Waals surface area contributed by atoms with E-state index in [4.69, 9.17) is 10.5 Å². The highest BCUT2D eigenvalue weighted by Gasteiger charge is 2.62. The average Bonchev–Trinajstić information content (AvgIpc) is 3.26. The van der Waals surface area contributed by atoms with Gasteiger partial charge in [0, 0.05) is 0 Å². The van der Waals surface area contributed by atoms with Crippen molar-refractivity contribution in [2.45, 2.75) is 50.8 Å². The highest BCUT2D eigenvalue weighted by Crippen LogP contribution is 2.43. The molecule has 1 saturated carbocycles. The van der Waals surface area contributed by atoms with Crippen molar-refractivity contribution < 1.29 is 29.0 Å². The quantitative estimate of drug-likeness (QED) is 0.636. The van der Waals surface area contributed by atoms with Crippen LogP contribution in [-0.4, -0.2) is 47.2 Å². The van der Waals surface area contributed by atoms with Gasteiger partial charge in [0.1, 0.15) is 16.9 Å². The van der Waals surface area contributed by atoms with Crippen LogP contribution in [0, 0.1) is 5.92 Å². The third-order valence-electron chi connectivity index (χ3n) is 4.32. The van der Waals surface area contributed by atoms with Crippen LogP contribution >= 0.6 is 0 Å². The zero-order chi connectivity index (χ0) is 20.4. The molecule has 0 heterocycles. The van der Waals surface area contributed by atoms with Crippen molar-refractivity contribution in [3.63, 3.8) is 0 Å². The Labute approximate surface area is 158 Å². The summed E-state index contributed by atoms with van der Waals surface area (Å²) >= 11 is 0. The number of phenols is 1. The molecule has 0 spiro atoms. The van der Waals surface area contributed by atoms with Gasteiger partial charge in [-0.25, -0.2) is 4.79 Å². The van der Waals surface area contributed by atoms with Crippen molar-refractivity contribution >= 4 is 17.8 Å². The lowest BCUT2D eigenvalue weighted by molar-refractivity contribution is -0.144. The van der Waals surface area contributed by atoms with Gasteiger partial charge in [0.25, 0.3) is 0 Å². The Bertz CT molecular complexity index is 725. The Balaban J connectivity index is 2.16. The number of aromatic hydroxyl groups is 1. The standard InChI is InChI=1S/C19H26N2O6/c1-18(2,3)27-17(25)21-14(9-11-5-7-12(22)8-6-11)15(23)13-10-19(13,20)16(24)26-4/h5-8,13-14,22H,9-10,20H2,1-4H3,(H,21,25)/t13?,14-,19?/m0/s1. The topological polar surface area (TPSA) is 128 Å². The molecule has 1 aromatic rings. The van der Waals surface area contributed by atoms with Crippen molar-refractivity contribution in [1.82, 2.24) is 5.32 Å². The van der Waals surface area contributed by atoms with Crippen molar-refractivity contribution in [2.75, 3.05) is 7.11 Å². The molecule has 1 aliphatic carbocycles. The number of ketones is 1. The lowest BCUT2D eigenvalue weighted by Crippen LogP contribution is -2.48. The molecule has 1 amide bonds. The van der Waals surface area contributed by atoms with E-state index < -0.39 is 35.2 Å². The van der Waals surface area contributed by atoms with E-state index in [1.54, 1.807) is 32.9 Å². The fraction of sp³-hybridized carbons (Fsp3) is 0.526. The second-order valence-electron chi connectivity index (χ2n) is 7.76. The molecule has 1 aliphatic rings. The summed E-state index contributed by atoms with van der Waals surface area (Å²) in [5, 5.41) is 12.0. The molecule has 27 heavy (non-hydrogen) atoms. The summed E-state index contributed by atoms with van der Waals surface area (Å²) in [6, 6.07) is 5.35. The fourth-order valence-electron chi connectivity index (χ4n) is 2.83. The lowest BCUT2D eigenvalue weighted by Gasteiger charge is -2.23. The molecular weight excluding hydrogens is 352 g/mol. The van der Waals surface area contributed by atoms with Crippen LogP contribution in [0.3, 0.4) is 0 Å². The summed E-state index contributed by atoms with van der Waals surface area (Å²) in [5.41, 5.74) is 4.61. The molecule has 1 aromatic carbocycles. The Hall–Kier alpha value is -2.61. The SMILES string of the molecule is COC(=O)C1(N)CC1C(=O)[C@H](Cc1ccc(O)cc1)NC(=O)OC(C)(C)C. The van der Waals surface area contributed by atoms with Crippen LogP contribution in [-0.2, 0) is 25.5 Å². The molecule has 0 radical (unpaired) electrons. The molecule has 0 bridgehead atoms. The predicted molar refractivity (Wildman–Crippen MR) is 97.0 cm³/mol. The molecule has 3 atom stereocenters. The number of carbonyl (C=O) groups excluding carboxylic acids is 3. The van der Waals surface area contributed by atoms with Gasteiger partial charge < -0.3 is 25.6 Å². The van der Waals surface area contributed by atoms with E-state index in [1.807, 2.05) is 0 Å². The number of Topliss-reactive ketones (excluding diaryl/α,β-unsaturated/α-hetero) is 1. The van der Waals surface area contributed by atoms with Crippen LogP contribution in [0.4, 0.5) is 4.79 Å². The van der Waals surface area contributed by atoms with Gasteiger partial charge in [-0.3, -0.25) is 9.59 Å². The van der Waals surface area contributed by atoms with E-state index in [1.165, 1.54) is 19.2 Å². The summed E-state index contributed by atoms with van der Waals surface area (Å²) in [7, 11) is 1.21. The number of carbonyl (C=O) groups is 3. The summed E-state index contributed by atoms with van der Waals surface area (Å²) < 4.78 is 9.89. The van der Waals surface area contributed by atoms with E-state index in [2.05, 4.69) is 10.1 Å². The normalized spacial score (nSPS) is 22.5. The summed E-state index contributed by atoms with van der Waals surface area (Å²) in [6.07, 6.45) is -0.395. The molecular formula is C19H26N2O6. The fourth-order valence-corrected chi connectivity index (χ4v) is 2.83. The lowest BCUT2D eigenvalue weighted by atomic mass is 9.98. The van der Waals surface area contributed by atoms with E-state index in [0.29, 0.717) is 0 Å². The number of rotatable bonds is 6. The Kier molecular flexibility index (Phi) is 5.79. The number of hydrogen-bond acceptors (Lipinski definition) is 7. The first-order valence-electron chi connectivity index (χ1n) is 8.64. The molecule has 4 N–H and O–H groups in total. The minimum Gasteiger partial charge on any atom is -0.508 e. The number of methoxy groups -OCH3 is 1. The molecule has 0 aromatic heterocycles. The predicted octanol–water partition coefficient (Wildman–Crippen LogP) is 1.29. The Morgan fingerprint density at radius 1 is 1.30 bits per heavy atom. The maximum atomic E-state index is 12.9. The minimum atomic E-state index is -1.35. The van der Waals surface area contributed by atoms with Gasteiger partial charge in [0.05, 0.1) is 19.1 Å². The number of nitrogens with two attached hydrogens (primary N) is 1. The molecule has 2 unspecified atom stereocenters. The second-order valence-corrected chi connectivity index (χ2v) is 7.76. The van der Waals surface area contributed by atoms with Crippen LogP contribution in [0.25, 0.3) is 0 Å². The van der Waals surface area contributed by atoms with E-state index in [0.717, 1.165) is 5.56 Å². The smallest absolute Gasteiger partial charge is 0.408 e. The number of amides is 1. The van der Waals surface area contributed by atoms with Gasteiger partial charge in [-0.05, 0) is 51.3 Å². The first kappa shape index (κ1) is 20.7. The van der Waals surface area contributed by atoms with Crippen LogP contribution in [0.2, 0.25) is 0 Å². The maximum absolute atomic E-state index is 12.9. The zero-order valence-corrected chi connectivity index (χ0v) is 15.9. The number of ether oxygens (including phenoxy) is 2. The van der Waals surface area contributed by atoms with Crippen LogP contribution in [0.1, 0.15) is 32.8 Å². The van der Waals surface area contributed by atoms with Crippen LogP contribution in [0.5, 0.6) is 5.75 Å². The minimum absolute atomic E-state index is 0.0931. The first-order chi connectivity index (χ1) is 12.5. The van der Waals surface area contributed by atoms with Gasteiger partial charge in [-0.1, -0.05) is 12.1 Å². The third-order valence-corrected chi connectivity index (χ3v) is 4.32. The molecule has 8 nitrogen and oxygen atoms in total. The van der Waals surface area contributed by atoms with E-state index in [9.17, 15) is 19.5 Å². The monoisotopic (exact) mass is 378 g/mol. The van der Waals surface area contributed by atoms with E-state index in [-0.39, 0.29) is 24.4 Å². The summed E-state index contributed by atoms with van der Waals surface area (Å²) in [6.45, 7) is 5.14. The number of phenolic OH excluding ortho intramolecular Hbond substituents is 1. The van der Waals surface area contributed by atoms with Gasteiger partial charge >= 0.3 is 12.1 Å². The first-order valence-corrected chi connectivity index (χ1v) is 8.64. The maximum Gasteiger partial charge on any atom is 0.408 e. The summed E-state index contributed by atoms with van der Waals surface area (Å²) in [5.74, 6) is -1.65. The second kappa shape index (κ2) is 7.56. The zero-order valence-electron chi connectivity index (χ0n) is 15.9. The van der Waals surface area contributed by atoms with Crippen molar-refractivity contribution in [3.8, 4) is 5.75 Å². The molecule has 0 saturated heterocycles. The molecule has 1 fully saturated rings. The highest BCUT2D eigenvalue weighted by atomic mass is 16.6. The number of alkyl carbamates (subject to hydrolysis) is 1. The van der Waals surface area contributed by atoms with Crippen LogP contribution in [0.15, 0.2) is 24.3 Å². The van der Waals surface area contributed by atoms with Crippen LogP contribution < -0.4 is 11.1 Å². The third kappa shape index (κ3) is 5.19. The van der Waals surface area contributed by atoms with Crippen molar-refractivity contribution in [3.05, 3.63) is 29.8 Å². The van der Waals surface area contributed by atoms with Gasteiger partial charge in [0.2, 0.25) is 0 Å². The van der Waals surface area contributed by atoms with Crippen molar-refractivity contribution in [2.24, 2.45) is 11.7 Å². The van der Waals surface area contributed by atoms with Gasteiger partial charge in [0.15, 0.2) is 5.78 Å². The average molecular weight is 378 g/mol. The number of esters is 1. The largest absolute Gasteiger partial charge is 0.508 e. The van der Waals surface area contributed by atoms with Gasteiger partial charge in [-0.15, -0.1) is 0 Å². The molecule has 2 rings (SSSR count). The molecule has 8 heteroatoms. The number of benzene rings is 1. The van der Waals surface area contributed by atoms with E-state index >= 15 is 0 Å². The highest BCUT2D eigenvalue weighted by molar-refractivity contribution is 6.00.